The van der Waals surface area contributed by atoms with Crippen molar-refractivity contribution in [3.8, 4) is 0 Å². The Balaban J connectivity index is 2.25. The maximum atomic E-state index is 12.3. The number of carboxylic acids is 1. The van der Waals surface area contributed by atoms with Gasteiger partial charge >= 0.3 is 5.97 Å². The third-order valence-electron chi connectivity index (χ3n) is 3.09. The highest BCUT2D eigenvalue weighted by atomic mass is 16.5. The van der Waals surface area contributed by atoms with E-state index in [9.17, 15) is 14.4 Å². The molecular weight excluding hydrogens is 266 g/mol. The molecule has 2 rings (SSSR count). The van der Waals surface area contributed by atoms with Crippen molar-refractivity contribution in [3.05, 3.63) is 28.2 Å². The number of aromatic nitrogens is 2. The summed E-state index contributed by atoms with van der Waals surface area (Å²) in [6.45, 7) is 3.34. The number of hydrogen-bond acceptors (Lipinski definition) is 5. The van der Waals surface area contributed by atoms with Crippen LogP contribution in [0.25, 0.3) is 0 Å². The van der Waals surface area contributed by atoms with Crippen LogP contribution < -0.4 is 5.56 Å². The zero-order valence-electron chi connectivity index (χ0n) is 11.0. The number of carbonyl (C=O) groups excluding carboxylic acids is 1. The summed E-state index contributed by atoms with van der Waals surface area (Å²) >= 11 is 0. The van der Waals surface area contributed by atoms with Gasteiger partial charge in [0.25, 0.3) is 5.56 Å². The Labute approximate surface area is 114 Å². The lowest BCUT2D eigenvalue weighted by Gasteiger charge is -2.29. The van der Waals surface area contributed by atoms with Gasteiger partial charge in [-0.2, -0.15) is 5.10 Å². The van der Waals surface area contributed by atoms with Crippen LogP contribution >= 0.6 is 0 Å². The Kier molecular flexibility index (Phi) is 4.14. The fourth-order valence-corrected chi connectivity index (χ4v) is 1.97. The maximum absolute atomic E-state index is 12.3. The highest BCUT2D eigenvalue weighted by molar-refractivity contribution is 5.85. The highest BCUT2D eigenvalue weighted by Gasteiger charge is 2.25. The van der Waals surface area contributed by atoms with Gasteiger partial charge < -0.3 is 14.7 Å². The minimum atomic E-state index is -1.25. The van der Waals surface area contributed by atoms with Crippen LogP contribution in [0.15, 0.2) is 16.9 Å². The van der Waals surface area contributed by atoms with Crippen molar-refractivity contribution in [3.63, 3.8) is 0 Å². The van der Waals surface area contributed by atoms with E-state index in [0.717, 1.165) is 16.8 Å². The number of rotatable bonds is 3. The minimum Gasteiger partial charge on any atom is -0.476 e. The Bertz CT molecular complexity index is 577. The molecular formula is C12H15N3O5. The topological polar surface area (TPSA) is 102 Å². The smallest absolute Gasteiger partial charge is 0.356 e. The largest absolute Gasteiger partial charge is 0.476 e. The van der Waals surface area contributed by atoms with Gasteiger partial charge in [0.15, 0.2) is 5.69 Å². The van der Waals surface area contributed by atoms with Gasteiger partial charge in [0.05, 0.1) is 13.2 Å². The van der Waals surface area contributed by atoms with E-state index in [0.29, 0.717) is 26.3 Å². The summed E-state index contributed by atoms with van der Waals surface area (Å²) in [5, 5.41) is 12.6. The van der Waals surface area contributed by atoms with E-state index in [1.165, 1.54) is 6.92 Å². The normalized spacial score (nSPS) is 16.8. The highest BCUT2D eigenvalue weighted by Crippen LogP contribution is 2.09. The first-order valence-electron chi connectivity index (χ1n) is 6.20. The van der Waals surface area contributed by atoms with E-state index in [2.05, 4.69) is 5.10 Å². The summed E-state index contributed by atoms with van der Waals surface area (Å²) in [6, 6.07) is 1.37. The van der Waals surface area contributed by atoms with Crippen molar-refractivity contribution in [1.82, 2.24) is 14.7 Å². The Morgan fingerprint density at radius 3 is 2.60 bits per heavy atom. The van der Waals surface area contributed by atoms with Gasteiger partial charge in [-0.15, -0.1) is 0 Å². The summed E-state index contributed by atoms with van der Waals surface area (Å²) in [7, 11) is 0. The van der Waals surface area contributed by atoms with E-state index < -0.39 is 17.6 Å². The second-order valence-electron chi connectivity index (χ2n) is 4.42. The number of hydrogen-bond donors (Lipinski definition) is 1. The maximum Gasteiger partial charge on any atom is 0.356 e. The molecule has 1 amide bonds. The standard InChI is InChI=1S/C12H15N3O5/c1-8(11(17)14-4-6-20-7-5-14)15-10(16)3-2-9(13-15)12(18)19/h2-3,8H,4-7H2,1H3,(H,18,19). The molecule has 1 aromatic heterocycles. The molecule has 0 saturated carbocycles. The SMILES string of the molecule is CC(C(=O)N1CCOCC1)n1nc(C(=O)O)ccc1=O. The fourth-order valence-electron chi connectivity index (χ4n) is 1.97. The molecule has 0 aliphatic carbocycles. The number of morpholine rings is 1. The first-order chi connectivity index (χ1) is 9.50. The first-order valence-corrected chi connectivity index (χ1v) is 6.20. The molecule has 0 bridgehead atoms. The molecule has 8 heteroatoms. The van der Waals surface area contributed by atoms with Crippen molar-refractivity contribution in [2.75, 3.05) is 26.3 Å². The van der Waals surface area contributed by atoms with Gasteiger partial charge in [-0.25, -0.2) is 9.48 Å². The molecule has 1 unspecified atom stereocenters. The van der Waals surface area contributed by atoms with Crippen LogP contribution in [0.3, 0.4) is 0 Å². The van der Waals surface area contributed by atoms with Gasteiger partial charge in [0.1, 0.15) is 6.04 Å². The zero-order valence-corrected chi connectivity index (χ0v) is 11.0. The number of carboxylic acid groups (broad SMARTS) is 1. The quantitative estimate of drug-likeness (QED) is 0.790. The van der Waals surface area contributed by atoms with Crippen LogP contribution in [-0.4, -0.2) is 58.0 Å². The van der Waals surface area contributed by atoms with Gasteiger partial charge in [-0.05, 0) is 13.0 Å². The number of amides is 1. The molecule has 1 fully saturated rings. The lowest BCUT2D eigenvalue weighted by Crippen LogP contribution is -2.45. The molecule has 1 aromatic rings. The second-order valence-corrected chi connectivity index (χ2v) is 4.42. The molecule has 8 nitrogen and oxygen atoms in total. The third-order valence-corrected chi connectivity index (χ3v) is 3.09. The van der Waals surface area contributed by atoms with Crippen molar-refractivity contribution in [2.45, 2.75) is 13.0 Å². The monoisotopic (exact) mass is 281 g/mol. The van der Waals surface area contributed by atoms with Crippen molar-refractivity contribution in [1.29, 1.82) is 0 Å². The first kappa shape index (κ1) is 14.2. The number of carbonyl (C=O) groups is 2. The fraction of sp³-hybridized carbons (Fsp3) is 0.500. The van der Waals surface area contributed by atoms with E-state index in [4.69, 9.17) is 9.84 Å². The van der Waals surface area contributed by atoms with Gasteiger partial charge in [-0.3, -0.25) is 9.59 Å². The Morgan fingerprint density at radius 2 is 2.00 bits per heavy atom. The number of nitrogens with zero attached hydrogens (tertiary/aromatic N) is 3. The van der Waals surface area contributed by atoms with Crippen molar-refractivity contribution in [2.24, 2.45) is 0 Å². The average Bonchev–Trinajstić information content (AvgIpc) is 2.47. The van der Waals surface area contributed by atoms with Crippen LogP contribution in [0.4, 0.5) is 0 Å². The molecule has 1 aliphatic rings. The van der Waals surface area contributed by atoms with Crippen LogP contribution in [0.1, 0.15) is 23.5 Å². The number of aromatic carboxylic acids is 1. The lowest BCUT2D eigenvalue weighted by molar-refractivity contribution is -0.138. The van der Waals surface area contributed by atoms with Crippen LogP contribution in [0.5, 0.6) is 0 Å². The summed E-state index contributed by atoms with van der Waals surface area (Å²) in [5.41, 5.74) is -0.782. The molecule has 0 spiro atoms. The van der Waals surface area contributed by atoms with E-state index in [1.807, 2.05) is 0 Å². The van der Waals surface area contributed by atoms with Crippen molar-refractivity contribution < 1.29 is 19.4 Å². The summed E-state index contributed by atoms with van der Waals surface area (Å²) in [4.78, 5) is 36.4. The van der Waals surface area contributed by atoms with Crippen LogP contribution in [0, 0.1) is 0 Å². The Hall–Kier alpha value is -2.22. The van der Waals surface area contributed by atoms with Crippen LogP contribution in [-0.2, 0) is 9.53 Å². The summed E-state index contributed by atoms with van der Waals surface area (Å²) < 4.78 is 6.06. The molecule has 0 radical (unpaired) electrons. The molecule has 20 heavy (non-hydrogen) atoms. The molecule has 2 heterocycles. The molecule has 1 N–H and O–H groups in total. The van der Waals surface area contributed by atoms with Crippen LogP contribution in [0.2, 0.25) is 0 Å². The van der Waals surface area contributed by atoms with E-state index >= 15 is 0 Å². The third kappa shape index (κ3) is 2.85. The van der Waals surface area contributed by atoms with Crippen molar-refractivity contribution >= 4 is 11.9 Å². The van der Waals surface area contributed by atoms with E-state index in [-0.39, 0.29) is 11.6 Å². The van der Waals surface area contributed by atoms with Gasteiger partial charge in [-0.1, -0.05) is 0 Å². The molecule has 1 aliphatic heterocycles. The molecule has 0 aromatic carbocycles. The van der Waals surface area contributed by atoms with Gasteiger partial charge in [0.2, 0.25) is 5.91 Å². The summed E-state index contributed by atoms with van der Waals surface area (Å²) in [5.74, 6) is -1.52. The Morgan fingerprint density at radius 1 is 1.35 bits per heavy atom. The van der Waals surface area contributed by atoms with E-state index in [1.54, 1.807) is 4.90 Å². The summed E-state index contributed by atoms with van der Waals surface area (Å²) in [6.07, 6.45) is 0. The second kappa shape index (κ2) is 5.83. The molecule has 108 valence electrons. The lowest BCUT2D eigenvalue weighted by atomic mass is 10.2. The minimum absolute atomic E-state index is 0.272. The zero-order chi connectivity index (χ0) is 14.7. The molecule has 1 saturated heterocycles. The number of ether oxygens (including phenoxy) is 1. The molecule has 1 atom stereocenters. The predicted octanol–water partition coefficient (Wildman–Crippen LogP) is -0.639. The van der Waals surface area contributed by atoms with Gasteiger partial charge in [0, 0.05) is 19.2 Å². The average molecular weight is 281 g/mol. The predicted molar refractivity (Wildman–Crippen MR) is 67.6 cm³/mol.